The van der Waals surface area contributed by atoms with E-state index >= 15 is 0 Å². The Balaban J connectivity index is 1.28. The van der Waals surface area contributed by atoms with Gasteiger partial charge in [-0.25, -0.2) is 0 Å². The third-order valence-corrected chi connectivity index (χ3v) is 6.33. The number of aliphatic hydroxyl groups excluding tert-OH is 1. The van der Waals surface area contributed by atoms with Crippen molar-refractivity contribution in [3.63, 3.8) is 0 Å². The van der Waals surface area contributed by atoms with Gasteiger partial charge in [0.05, 0.1) is 19.9 Å². The summed E-state index contributed by atoms with van der Waals surface area (Å²) in [7, 11) is 3.29. The van der Waals surface area contributed by atoms with Crippen LogP contribution in [-0.2, 0) is 4.79 Å². The van der Waals surface area contributed by atoms with Crippen LogP contribution in [-0.4, -0.2) is 82.1 Å². The van der Waals surface area contributed by atoms with Gasteiger partial charge in [-0.15, -0.1) is 0 Å². The lowest BCUT2D eigenvalue weighted by Gasteiger charge is -2.37. The second-order valence-electron chi connectivity index (χ2n) is 8.54. The first kappa shape index (κ1) is 23.2. The molecule has 2 aliphatic heterocycles. The number of ether oxygens (including phenoxy) is 3. The predicted molar refractivity (Wildman–Crippen MR) is 127 cm³/mol. The van der Waals surface area contributed by atoms with Crippen LogP contribution >= 0.6 is 0 Å². The average Bonchev–Trinajstić information content (AvgIpc) is 3.29. The van der Waals surface area contributed by atoms with Crippen LogP contribution in [0.25, 0.3) is 0 Å². The molecule has 178 valence electrons. The van der Waals surface area contributed by atoms with Crippen LogP contribution < -0.4 is 24.4 Å². The summed E-state index contributed by atoms with van der Waals surface area (Å²) in [5.41, 5.74) is 2.14. The number of benzene rings is 2. The van der Waals surface area contributed by atoms with E-state index in [2.05, 4.69) is 21.2 Å². The Morgan fingerprint density at radius 3 is 2.48 bits per heavy atom. The lowest BCUT2D eigenvalue weighted by molar-refractivity contribution is -0.119. The van der Waals surface area contributed by atoms with Crippen molar-refractivity contribution in [2.45, 2.75) is 18.4 Å². The number of rotatable bonds is 9. The minimum Gasteiger partial charge on any atom is -0.495 e. The number of hydrogen-bond acceptors (Lipinski definition) is 7. The summed E-state index contributed by atoms with van der Waals surface area (Å²) in [6.45, 7) is 4.81. The molecule has 1 amide bonds. The Labute approximate surface area is 195 Å². The molecule has 2 fully saturated rings. The van der Waals surface area contributed by atoms with Crippen LogP contribution in [0.5, 0.6) is 17.2 Å². The number of hydrogen-bond donors (Lipinski definition) is 2. The predicted octanol–water partition coefficient (Wildman–Crippen LogP) is 1.87. The van der Waals surface area contributed by atoms with E-state index in [-0.39, 0.29) is 18.4 Å². The first-order valence-electron chi connectivity index (χ1n) is 11.4. The van der Waals surface area contributed by atoms with Crippen molar-refractivity contribution in [3.05, 3.63) is 48.0 Å². The molecule has 4 rings (SSSR count). The van der Waals surface area contributed by atoms with E-state index in [0.717, 1.165) is 43.2 Å². The van der Waals surface area contributed by atoms with Crippen molar-refractivity contribution >= 4 is 11.6 Å². The smallest absolute Gasteiger partial charge is 0.220 e. The van der Waals surface area contributed by atoms with Crippen LogP contribution in [0, 0.1) is 0 Å². The highest BCUT2D eigenvalue weighted by atomic mass is 16.5. The van der Waals surface area contributed by atoms with Gasteiger partial charge in [-0.3, -0.25) is 9.69 Å². The van der Waals surface area contributed by atoms with Crippen molar-refractivity contribution < 1.29 is 24.1 Å². The van der Waals surface area contributed by atoms with Crippen LogP contribution in [0.3, 0.4) is 0 Å². The van der Waals surface area contributed by atoms with Gasteiger partial charge in [0.15, 0.2) is 11.5 Å². The van der Waals surface area contributed by atoms with Gasteiger partial charge in [0.25, 0.3) is 0 Å². The van der Waals surface area contributed by atoms with Gasteiger partial charge >= 0.3 is 0 Å². The molecule has 2 saturated heterocycles. The van der Waals surface area contributed by atoms with E-state index in [0.29, 0.717) is 31.0 Å². The molecule has 0 bridgehead atoms. The third-order valence-electron chi connectivity index (χ3n) is 6.33. The summed E-state index contributed by atoms with van der Waals surface area (Å²) in [5.74, 6) is 2.30. The summed E-state index contributed by atoms with van der Waals surface area (Å²) in [6, 6.07) is 13.8. The number of anilines is 1. The first-order valence-corrected chi connectivity index (χ1v) is 11.4. The van der Waals surface area contributed by atoms with Crippen LogP contribution in [0.15, 0.2) is 42.5 Å². The average molecular weight is 456 g/mol. The van der Waals surface area contributed by atoms with Crippen molar-refractivity contribution in [1.29, 1.82) is 0 Å². The number of para-hydroxylation sites is 2. The molecular weight excluding hydrogens is 422 g/mol. The third kappa shape index (κ3) is 5.69. The molecule has 0 radical (unpaired) electrons. The summed E-state index contributed by atoms with van der Waals surface area (Å²) < 4.78 is 16.9. The maximum Gasteiger partial charge on any atom is 0.220 e. The lowest BCUT2D eigenvalue weighted by Crippen LogP contribution is -2.49. The van der Waals surface area contributed by atoms with Gasteiger partial charge in [-0.1, -0.05) is 18.2 Å². The van der Waals surface area contributed by atoms with Crippen molar-refractivity contribution in [2.75, 3.05) is 65.0 Å². The zero-order chi connectivity index (χ0) is 23.2. The highest BCUT2D eigenvalue weighted by molar-refractivity contribution is 5.79. The Hall–Kier alpha value is -2.97. The fourth-order valence-electron chi connectivity index (χ4n) is 4.50. The maximum absolute atomic E-state index is 11.6. The van der Waals surface area contributed by atoms with E-state index in [1.807, 2.05) is 36.4 Å². The quantitative estimate of drug-likeness (QED) is 0.597. The number of piperazine rings is 1. The number of nitrogens with one attached hydrogen (secondary N) is 1. The van der Waals surface area contributed by atoms with E-state index in [4.69, 9.17) is 14.2 Å². The van der Waals surface area contributed by atoms with E-state index in [1.165, 1.54) is 0 Å². The summed E-state index contributed by atoms with van der Waals surface area (Å²) in [5, 5.41) is 13.5. The van der Waals surface area contributed by atoms with Gasteiger partial charge < -0.3 is 29.5 Å². The second kappa shape index (κ2) is 10.8. The zero-order valence-corrected chi connectivity index (χ0v) is 19.3. The Bertz CT molecular complexity index is 945. The minimum absolute atomic E-state index is 0.0690. The minimum atomic E-state index is -0.620. The number of amides is 1. The molecule has 0 saturated carbocycles. The van der Waals surface area contributed by atoms with Gasteiger partial charge in [0.2, 0.25) is 5.91 Å². The Morgan fingerprint density at radius 1 is 1.03 bits per heavy atom. The number of carbonyl (C=O) groups is 1. The van der Waals surface area contributed by atoms with Gasteiger partial charge in [0.1, 0.15) is 18.5 Å². The second-order valence-corrected chi connectivity index (χ2v) is 8.54. The molecule has 33 heavy (non-hydrogen) atoms. The highest BCUT2D eigenvalue weighted by Crippen LogP contribution is 2.33. The number of methoxy groups -OCH3 is 2. The van der Waals surface area contributed by atoms with Crippen LogP contribution in [0.2, 0.25) is 0 Å². The molecule has 2 aromatic rings. The lowest BCUT2D eigenvalue weighted by atomic mass is 9.98. The van der Waals surface area contributed by atoms with E-state index < -0.39 is 6.10 Å². The first-order chi connectivity index (χ1) is 16.1. The van der Waals surface area contributed by atoms with Gasteiger partial charge in [-0.2, -0.15) is 0 Å². The van der Waals surface area contributed by atoms with Gasteiger partial charge in [-0.05, 0) is 29.8 Å². The molecule has 2 aliphatic rings. The summed E-state index contributed by atoms with van der Waals surface area (Å²) in [6.07, 6.45) is -0.138. The topological polar surface area (TPSA) is 83.5 Å². The zero-order valence-electron chi connectivity index (χ0n) is 19.3. The van der Waals surface area contributed by atoms with Crippen LogP contribution in [0.4, 0.5) is 5.69 Å². The molecule has 8 nitrogen and oxygen atoms in total. The maximum atomic E-state index is 11.6. The summed E-state index contributed by atoms with van der Waals surface area (Å²) >= 11 is 0. The number of nitrogens with zero attached hydrogens (tertiary/aromatic N) is 2. The Kier molecular flexibility index (Phi) is 7.57. The number of carbonyl (C=O) groups excluding carboxylic acids is 1. The molecular formula is C25H33N3O5. The molecule has 2 unspecified atom stereocenters. The van der Waals surface area contributed by atoms with Crippen molar-refractivity contribution in [2.24, 2.45) is 0 Å². The highest BCUT2D eigenvalue weighted by Gasteiger charge is 2.25. The molecule has 2 aromatic carbocycles. The van der Waals surface area contributed by atoms with E-state index in [9.17, 15) is 9.90 Å². The molecule has 0 aliphatic carbocycles. The molecule has 2 heterocycles. The standard InChI is InChI=1S/C25H33N3O5/c1-31-22-6-4-3-5-21(22)28-11-9-27(10-12-28)16-20(29)17-33-24-13-18(7-8-23(24)32-2)19-14-25(30)26-15-19/h3-8,13,19-20,29H,9-12,14-17H2,1-2H3,(H,26,30). The fourth-order valence-corrected chi connectivity index (χ4v) is 4.50. The molecule has 2 atom stereocenters. The van der Waals surface area contributed by atoms with Crippen molar-refractivity contribution in [3.8, 4) is 17.2 Å². The van der Waals surface area contributed by atoms with Crippen LogP contribution in [0.1, 0.15) is 17.9 Å². The van der Waals surface area contributed by atoms with Gasteiger partial charge in [0, 0.05) is 51.6 Å². The molecule has 2 N–H and O–H groups in total. The Morgan fingerprint density at radius 2 is 1.79 bits per heavy atom. The fraction of sp³-hybridized carbons (Fsp3) is 0.480. The summed E-state index contributed by atoms with van der Waals surface area (Å²) in [4.78, 5) is 16.1. The normalized spacial score (nSPS) is 19.8. The monoisotopic (exact) mass is 455 g/mol. The number of aliphatic hydroxyl groups is 1. The largest absolute Gasteiger partial charge is 0.495 e. The van der Waals surface area contributed by atoms with Crippen molar-refractivity contribution in [1.82, 2.24) is 10.2 Å². The molecule has 0 spiro atoms. The SMILES string of the molecule is COc1ccc(C2CNC(=O)C2)cc1OCC(O)CN1CCN(c2ccccc2OC)CC1. The van der Waals surface area contributed by atoms with E-state index in [1.54, 1.807) is 14.2 Å². The number of β-amino-alcohol motifs (C(OH)–C–C–N with tert-alkyl or cyclic N) is 1. The molecule has 0 aromatic heterocycles. The molecule has 8 heteroatoms.